The van der Waals surface area contributed by atoms with E-state index in [2.05, 4.69) is 31.1 Å². The third-order valence-corrected chi connectivity index (χ3v) is 4.06. The molecule has 0 aliphatic rings. The standard InChI is InChI=1S/C13H12BrN3O3S/c14-9-3-1-8(2-4-9)7-21-13-15-12(20)10(16-17-13)5-6-11(18)19/h1-4H,5-7H2,(H,18,19)(H,15,17,20)/p-1. The average Bonchev–Trinajstić information content (AvgIpc) is 2.45. The number of rotatable bonds is 6. The number of carbonyl (C=O) groups excluding carboxylic acids is 1. The Morgan fingerprint density at radius 3 is 2.62 bits per heavy atom. The van der Waals surface area contributed by atoms with E-state index >= 15 is 0 Å². The van der Waals surface area contributed by atoms with Crippen molar-refractivity contribution in [3.8, 4) is 0 Å². The molecule has 1 N–H and O–H groups in total. The number of nitrogens with one attached hydrogen (secondary N) is 1. The highest BCUT2D eigenvalue weighted by atomic mass is 79.9. The Labute approximate surface area is 133 Å². The van der Waals surface area contributed by atoms with Gasteiger partial charge < -0.3 is 9.90 Å². The number of benzene rings is 1. The number of hydrogen-bond donors (Lipinski definition) is 1. The van der Waals surface area contributed by atoms with Gasteiger partial charge in [-0.15, -0.1) is 10.2 Å². The van der Waals surface area contributed by atoms with Crippen molar-refractivity contribution in [1.29, 1.82) is 0 Å². The van der Waals surface area contributed by atoms with Crippen LogP contribution in [0.25, 0.3) is 0 Å². The van der Waals surface area contributed by atoms with Crippen LogP contribution in [0.5, 0.6) is 0 Å². The van der Waals surface area contributed by atoms with E-state index < -0.39 is 11.5 Å². The van der Waals surface area contributed by atoms with Crippen LogP contribution in [0.1, 0.15) is 17.7 Å². The molecule has 21 heavy (non-hydrogen) atoms. The van der Waals surface area contributed by atoms with Crippen LogP contribution in [0.15, 0.2) is 38.7 Å². The minimum absolute atomic E-state index is 0.0162. The van der Waals surface area contributed by atoms with Crippen molar-refractivity contribution < 1.29 is 9.90 Å². The SMILES string of the molecule is O=C([O-])CCc1nnc(SCc2ccc(Br)cc2)[nH]c1=O. The summed E-state index contributed by atoms with van der Waals surface area (Å²) in [5, 5.41) is 18.4. The molecular formula is C13H11BrN3O3S-. The summed E-state index contributed by atoms with van der Waals surface area (Å²) < 4.78 is 1.00. The zero-order valence-corrected chi connectivity index (χ0v) is 13.2. The molecule has 8 heteroatoms. The summed E-state index contributed by atoms with van der Waals surface area (Å²) in [6, 6.07) is 7.81. The first-order chi connectivity index (χ1) is 10.0. The van der Waals surface area contributed by atoms with E-state index in [1.165, 1.54) is 11.8 Å². The second-order valence-corrected chi connectivity index (χ2v) is 6.07. The van der Waals surface area contributed by atoms with Crippen LogP contribution in [0, 0.1) is 0 Å². The zero-order chi connectivity index (χ0) is 15.2. The molecule has 1 aromatic carbocycles. The summed E-state index contributed by atoms with van der Waals surface area (Å²) in [6.07, 6.45) is -0.231. The smallest absolute Gasteiger partial charge is 0.273 e. The quantitative estimate of drug-likeness (QED) is 0.760. The number of nitrogens with zero attached hydrogens (tertiary/aromatic N) is 2. The summed E-state index contributed by atoms with van der Waals surface area (Å²) in [5.41, 5.74) is 0.781. The molecule has 6 nitrogen and oxygen atoms in total. The normalized spacial score (nSPS) is 10.5. The predicted octanol–water partition coefficient (Wildman–Crippen LogP) is 0.902. The third-order valence-electron chi connectivity index (χ3n) is 2.60. The topological polar surface area (TPSA) is 98.8 Å². The van der Waals surface area contributed by atoms with Crippen LogP contribution in [-0.2, 0) is 17.0 Å². The molecule has 2 aromatic rings. The van der Waals surface area contributed by atoms with Crippen molar-refractivity contribution >= 4 is 33.7 Å². The van der Waals surface area contributed by atoms with Crippen molar-refractivity contribution in [2.75, 3.05) is 0 Å². The minimum Gasteiger partial charge on any atom is -0.550 e. The maximum Gasteiger partial charge on any atom is 0.273 e. The number of aryl methyl sites for hydroxylation is 1. The Morgan fingerprint density at radius 2 is 2.00 bits per heavy atom. The minimum atomic E-state index is -1.22. The van der Waals surface area contributed by atoms with Gasteiger partial charge in [0, 0.05) is 22.6 Å². The molecule has 110 valence electrons. The number of carboxylic acids is 1. The number of H-pyrrole nitrogens is 1. The van der Waals surface area contributed by atoms with E-state index in [-0.39, 0.29) is 18.5 Å². The van der Waals surface area contributed by atoms with E-state index in [0.717, 1.165) is 10.0 Å². The lowest BCUT2D eigenvalue weighted by atomic mass is 10.2. The van der Waals surface area contributed by atoms with Crippen LogP contribution < -0.4 is 10.7 Å². The molecule has 0 spiro atoms. The zero-order valence-electron chi connectivity index (χ0n) is 10.8. The second-order valence-electron chi connectivity index (χ2n) is 4.19. The Kier molecular flexibility index (Phi) is 5.51. The maximum atomic E-state index is 11.7. The Hall–Kier alpha value is -1.67. The van der Waals surface area contributed by atoms with Crippen LogP contribution in [0.2, 0.25) is 0 Å². The number of halogens is 1. The highest BCUT2D eigenvalue weighted by Gasteiger charge is 2.06. The molecule has 0 saturated heterocycles. The van der Waals surface area contributed by atoms with Gasteiger partial charge in [0.05, 0.1) is 0 Å². The molecule has 1 heterocycles. The molecule has 0 unspecified atom stereocenters. The monoisotopic (exact) mass is 368 g/mol. The maximum absolute atomic E-state index is 11.7. The first kappa shape index (κ1) is 15.7. The van der Waals surface area contributed by atoms with Crippen LogP contribution >= 0.6 is 27.7 Å². The molecule has 0 atom stereocenters. The van der Waals surface area contributed by atoms with Crippen LogP contribution in [-0.4, -0.2) is 21.2 Å². The van der Waals surface area contributed by atoms with Crippen molar-refractivity contribution in [2.45, 2.75) is 23.8 Å². The van der Waals surface area contributed by atoms with Gasteiger partial charge in [-0.05, 0) is 24.1 Å². The van der Waals surface area contributed by atoms with E-state index in [1.54, 1.807) is 0 Å². The van der Waals surface area contributed by atoms with Gasteiger partial charge in [0.25, 0.3) is 5.56 Å². The number of aromatic nitrogens is 3. The number of thioether (sulfide) groups is 1. The van der Waals surface area contributed by atoms with E-state index in [1.807, 2.05) is 24.3 Å². The highest BCUT2D eigenvalue weighted by Crippen LogP contribution is 2.19. The predicted molar refractivity (Wildman–Crippen MR) is 79.7 cm³/mol. The number of aliphatic carboxylic acids is 1. The number of carbonyl (C=O) groups is 1. The summed E-state index contributed by atoms with van der Waals surface area (Å²) in [7, 11) is 0. The van der Waals surface area contributed by atoms with E-state index in [9.17, 15) is 14.7 Å². The Balaban J connectivity index is 1.98. The summed E-state index contributed by atoms with van der Waals surface area (Å²) in [4.78, 5) is 24.7. The first-order valence-corrected chi connectivity index (χ1v) is 7.85. The van der Waals surface area contributed by atoms with Gasteiger partial charge in [0.15, 0.2) is 5.16 Å². The van der Waals surface area contributed by atoms with Crippen LogP contribution in [0.3, 0.4) is 0 Å². The van der Waals surface area contributed by atoms with E-state index in [0.29, 0.717) is 10.9 Å². The molecular weight excluding hydrogens is 358 g/mol. The van der Waals surface area contributed by atoms with Crippen molar-refractivity contribution in [3.63, 3.8) is 0 Å². The van der Waals surface area contributed by atoms with Gasteiger partial charge in [0.1, 0.15) is 5.69 Å². The van der Waals surface area contributed by atoms with E-state index in [4.69, 9.17) is 0 Å². The van der Waals surface area contributed by atoms with Gasteiger partial charge in [-0.2, -0.15) is 0 Å². The molecule has 1 aromatic heterocycles. The third kappa shape index (κ3) is 4.98. The lowest BCUT2D eigenvalue weighted by Gasteiger charge is -2.03. The van der Waals surface area contributed by atoms with Crippen molar-refractivity contribution in [3.05, 3.63) is 50.3 Å². The van der Waals surface area contributed by atoms with Crippen LogP contribution in [0.4, 0.5) is 0 Å². The van der Waals surface area contributed by atoms with Gasteiger partial charge in [-0.25, -0.2) is 0 Å². The lowest BCUT2D eigenvalue weighted by Crippen LogP contribution is -2.25. The van der Waals surface area contributed by atoms with Gasteiger partial charge >= 0.3 is 0 Å². The van der Waals surface area contributed by atoms with Gasteiger partial charge in [0.2, 0.25) is 0 Å². The second kappa shape index (κ2) is 7.37. The fourth-order valence-electron chi connectivity index (χ4n) is 1.53. The summed E-state index contributed by atoms with van der Waals surface area (Å²) >= 11 is 4.71. The van der Waals surface area contributed by atoms with Crippen molar-refractivity contribution in [2.24, 2.45) is 0 Å². The average molecular weight is 369 g/mol. The number of hydrogen-bond acceptors (Lipinski definition) is 6. The molecule has 0 aliphatic heterocycles. The van der Waals surface area contributed by atoms with Crippen molar-refractivity contribution in [1.82, 2.24) is 15.2 Å². The van der Waals surface area contributed by atoms with Gasteiger partial charge in [-0.1, -0.05) is 39.8 Å². The highest BCUT2D eigenvalue weighted by molar-refractivity contribution is 9.10. The molecule has 0 amide bonds. The molecule has 0 bridgehead atoms. The molecule has 0 aliphatic carbocycles. The molecule has 0 radical (unpaired) electrons. The largest absolute Gasteiger partial charge is 0.550 e. The Bertz CT molecular complexity index is 688. The fraction of sp³-hybridized carbons (Fsp3) is 0.231. The molecule has 0 fully saturated rings. The molecule has 2 rings (SSSR count). The summed E-state index contributed by atoms with van der Waals surface area (Å²) in [5.74, 6) is -0.569. The fourth-order valence-corrected chi connectivity index (χ4v) is 2.55. The summed E-state index contributed by atoms with van der Waals surface area (Å²) in [6.45, 7) is 0. The lowest BCUT2D eigenvalue weighted by molar-refractivity contribution is -0.305. The number of aromatic amines is 1. The van der Waals surface area contributed by atoms with Gasteiger partial charge in [-0.3, -0.25) is 9.78 Å². The first-order valence-electron chi connectivity index (χ1n) is 6.07. The Morgan fingerprint density at radius 1 is 1.29 bits per heavy atom. The number of carboxylic acid groups (broad SMARTS) is 1. The molecule has 0 saturated carbocycles.